The highest BCUT2D eigenvalue weighted by molar-refractivity contribution is 5.32. The number of hydrogen-bond donors (Lipinski definition) is 1. The summed E-state index contributed by atoms with van der Waals surface area (Å²) in [6, 6.07) is 0. The Hall–Kier alpha value is -0.600. The van der Waals surface area contributed by atoms with Gasteiger partial charge < -0.3 is 9.84 Å². The maximum atomic E-state index is 9.08. The van der Waals surface area contributed by atoms with E-state index in [4.69, 9.17) is 9.84 Å². The molecule has 3 unspecified atom stereocenters. The molecule has 0 spiro atoms. The summed E-state index contributed by atoms with van der Waals surface area (Å²) in [6.45, 7) is 3.75. The molecule has 1 heterocycles. The summed E-state index contributed by atoms with van der Waals surface area (Å²) < 4.78 is 5.09. The Morgan fingerprint density at radius 2 is 2.44 bits per heavy atom. The van der Waals surface area contributed by atoms with Crippen molar-refractivity contribution in [2.24, 2.45) is 0 Å². The van der Waals surface area contributed by atoms with Crippen LogP contribution in [-0.4, -0.2) is 23.4 Å². The Kier molecular flexibility index (Phi) is 0.845. The van der Waals surface area contributed by atoms with Crippen LogP contribution in [0.1, 0.15) is 0 Å². The van der Waals surface area contributed by atoms with E-state index < -0.39 is 6.10 Å². The fourth-order valence-corrected chi connectivity index (χ4v) is 1.11. The van der Waals surface area contributed by atoms with Crippen LogP contribution in [0, 0.1) is 0 Å². The van der Waals surface area contributed by atoms with Crippen LogP contribution in [0.15, 0.2) is 24.3 Å². The third kappa shape index (κ3) is 0.637. The van der Waals surface area contributed by atoms with Gasteiger partial charge in [0.1, 0.15) is 18.3 Å². The molecule has 9 heavy (non-hydrogen) atoms. The van der Waals surface area contributed by atoms with Crippen molar-refractivity contribution < 1.29 is 9.84 Å². The summed E-state index contributed by atoms with van der Waals surface area (Å²) in [5.74, 6) is 0. The van der Waals surface area contributed by atoms with Crippen molar-refractivity contribution in [3.63, 3.8) is 0 Å². The van der Waals surface area contributed by atoms with Crippen LogP contribution in [0.25, 0.3) is 0 Å². The van der Waals surface area contributed by atoms with Gasteiger partial charge in [-0.2, -0.15) is 0 Å². The Bertz CT molecular complexity index is 181. The molecule has 0 saturated carbocycles. The lowest BCUT2D eigenvalue weighted by Crippen LogP contribution is -2.17. The van der Waals surface area contributed by atoms with E-state index in [2.05, 4.69) is 6.58 Å². The van der Waals surface area contributed by atoms with Gasteiger partial charge in [0.15, 0.2) is 0 Å². The molecule has 1 saturated heterocycles. The quantitative estimate of drug-likeness (QED) is 0.469. The zero-order chi connectivity index (χ0) is 6.43. The van der Waals surface area contributed by atoms with Crippen molar-refractivity contribution >= 4 is 0 Å². The highest BCUT2D eigenvalue weighted by Gasteiger charge is 2.46. The molecular weight excluding hydrogens is 116 g/mol. The molecule has 2 nitrogen and oxygen atoms in total. The Balaban J connectivity index is 2.25. The largest absolute Gasteiger partial charge is 0.386 e. The molecule has 2 aliphatic rings. The lowest BCUT2D eigenvalue weighted by atomic mass is 10.0. The van der Waals surface area contributed by atoms with Crippen molar-refractivity contribution in [3.05, 3.63) is 24.3 Å². The summed E-state index contributed by atoms with van der Waals surface area (Å²) >= 11 is 0. The summed E-state index contributed by atoms with van der Waals surface area (Å²) in [6.07, 6.45) is 3.27. The van der Waals surface area contributed by atoms with E-state index in [1.807, 2.05) is 6.08 Å². The van der Waals surface area contributed by atoms with Gasteiger partial charge in [-0.15, -0.1) is 0 Å². The molecule has 2 rings (SSSR count). The summed E-state index contributed by atoms with van der Waals surface area (Å²) in [5, 5.41) is 9.08. The van der Waals surface area contributed by atoms with Gasteiger partial charge in [0.2, 0.25) is 0 Å². The standard InChI is InChI=1S/C7H8O2/c1-4-2-3-5(8)7-6(4)9-7/h2-3,5-8H,1H2. The average molecular weight is 124 g/mol. The van der Waals surface area contributed by atoms with Crippen molar-refractivity contribution in [2.45, 2.75) is 18.3 Å². The molecule has 1 fully saturated rings. The molecule has 0 aromatic carbocycles. The Morgan fingerprint density at radius 3 is 3.11 bits per heavy atom. The number of aliphatic hydroxyl groups excluding tert-OH is 1. The smallest absolute Gasteiger partial charge is 0.118 e. The molecule has 3 atom stereocenters. The third-order valence-corrected chi connectivity index (χ3v) is 1.74. The number of epoxide rings is 1. The van der Waals surface area contributed by atoms with Crippen molar-refractivity contribution in [1.82, 2.24) is 0 Å². The first-order valence-electron chi connectivity index (χ1n) is 2.99. The molecule has 1 aliphatic carbocycles. The lowest BCUT2D eigenvalue weighted by molar-refractivity contribution is 0.178. The fraction of sp³-hybridized carbons (Fsp3) is 0.429. The van der Waals surface area contributed by atoms with Gasteiger partial charge in [0, 0.05) is 0 Å². The van der Waals surface area contributed by atoms with Gasteiger partial charge in [0.25, 0.3) is 0 Å². The second-order valence-corrected chi connectivity index (χ2v) is 2.45. The number of hydrogen-bond acceptors (Lipinski definition) is 2. The van der Waals surface area contributed by atoms with E-state index in [0.29, 0.717) is 0 Å². The topological polar surface area (TPSA) is 32.8 Å². The minimum absolute atomic E-state index is 0.0162. The summed E-state index contributed by atoms with van der Waals surface area (Å²) in [4.78, 5) is 0. The van der Waals surface area contributed by atoms with Crippen LogP contribution >= 0.6 is 0 Å². The third-order valence-electron chi connectivity index (χ3n) is 1.74. The number of fused-ring (bicyclic) bond motifs is 1. The van der Waals surface area contributed by atoms with E-state index >= 15 is 0 Å². The SMILES string of the molecule is C=C1C=CC(O)C2OC12. The van der Waals surface area contributed by atoms with Crippen LogP contribution in [0.2, 0.25) is 0 Å². The first-order chi connectivity index (χ1) is 4.29. The molecular formula is C7H8O2. The predicted octanol–water partition coefficient (Wildman–Crippen LogP) is 0.241. The normalized spacial score (nSPS) is 46.8. The summed E-state index contributed by atoms with van der Waals surface area (Å²) in [7, 11) is 0. The average Bonchev–Trinajstić information content (AvgIpc) is 2.57. The number of ether oxygens (including phenoxy) is 1. The maximum Gasteiger partial charge on any atom is 0.118 e. The fourth-order valence-electron chi connectivity index (χ4n) is 1.11. The lowest BCUT2D eigenvalue weighted by Gasteiger charge is -2.04. The molecule has 1 aliphatic heterocycles. The second-order valence-electron chi connectivity index (χ2n) is 2.45. The molecule has 0 bridgehead atoms. The molecule has 0 amide bonds. The van der Waals surface area contributed by atoms with Gasteiger partial charge in [-0.3, -0.25) is 0 Å². The highest BCUT2D eigenvalue weighted by Crippen LogP contribution is 2.35. The molecule has 48 valence electrons. The van der Waals surface area contributed by atoms with Crippen LogP contribution in [0.5, 0.6) is 0 Å². The number of rotatable bonds is 0. The van der Waals surface area contributed by atoms with Crippen molar-refractivity contribution in [2.75, 3.05) is 0 Å². The van der Waals surface area contributed by atoms with E-state index in [-0.39, 0.29) is 12.2 Å². The van der Waals surface area contributed by atoms with Crippen LogP contribution < -0.4 is 0 Å². The van der Waals surface area contributed by atoms with Crippen LogP contribution in [0.4, 0.5) is 0 Å². The molecule has 2 heteroatoms. The van der Waals surface area contributed by atoms with Crippen LogP contribution in [-0.2, 0) is 4.74 Å². The van der Waals surface area contributed by atoms with Gasteiger partial charge in [-0.05, 0) is 5.57 Å². The number of aliphatic hydroxyl groups is 1. The van der Waals surface area contributed by atoms with Crippen molar-refractivity contribution in [1.29, 1.82) is 0 Å². The van der Waals surface area contributed by atoms with Crippen LogP contribution in [0.3, 0.4) is 0 Å². The van der Waals surface area contributed by atoms with E-state index in [0.717, 1.165) is 5.57 Å². The van der Waals surface area contributed by atoms with Gasteiger partial charge in [-0.1, -0.05) is 18.7 Å². The van der Waals surface area contributed by atoms with Crippen molar-refractivity contribution in [3.8, 4) is 0 Å². The monoisotopic (exact) mass is 124 g/mol. The minimum atomic E-state index is -0.402. The molecule has 0 aromatic rings. The highest BCUT2D eigenvalue weighted by atomic mass is 16.6. The maximum absolute atomic E-state index is 9.08. The zero-order valence-electron chi connectivity index (χ0n) is 4.95. The minimum Gasteiger partial charge on any atom is -0.386 e. The molecule has 1 N–H and O–H groups in total. The molecule has 0 aromatic heterocycles. The second kappa shape index (κ2) is 1.46. The zero-order valence-corrected chi connectivity index (χ0v) is 4.95. The first-order valence-corrected chi connectivity index (χ1v) is 2.99. The van der Waals surface area contributed by atoms with Gasteiger partial charge >= 0.3 is 0 Å². The van der Waals surface area contributed by atoms with E-state index in [9.17, 15) is 0 Å². The molecule has 0 radical (unpaired) electrons. The van der Waals surface area contributed by atoms with E-state index in [1.54, 1.807) is 6.08 Å². The van der Waals surface area contributed by atoms with Gasteiger partial charge in [-0.25, -0.2) is 0 Å². The van der Waals surface area contributed by atoms with E-state index in [1.165, 1.54) is 0 Å². The first kappa shape index (κ1) is 5.21. The Labute approximate surface area is 53.4 Å². The predicted molar refractivity (Wildman–Crippen MR) is 32.9 cm³/mol. The Morgan fingerprint density at radius 1 is 1.67 bits per heavy atom. The van der Waals surface area contributed by atoms with Gasteiger partial charge in [0.05, 0.1) is 0 Å². The summed E-state index contributed by atoms with van der Waals surface area (Å²) in [5.41, 5.74) is 0.977.